The number of Topliss-reactive ketones (excluding diaryl/α,β-unsaturated/α-hetero) is 1. The van der Waals surface area contributed by atoms with Gasteiger partial charge in [0, 0.05) is 37.4 Å². The highest BCUT2D eigenvalue weighted by Crippen LogP contribution is 2.74. The molecule has 9 atom stereocenters. The van der Waals surface area contributed by atoms with E-state index in [2.05, 4.69) is 18.7 Å². The molecule has 40 heavy (non-hydrogen) atoms. The predicted molar refractivity (Wildman–Crippen MR) is 147 cm³/mol. The van der Waals surface area contributed by atoms with E-state index in [9.17, 15) is 19.5 Å². The Hall–Kier alpha value is -1.93. The van der Waals surface area contributed by atoms with Crippen LogP contribution in [0.4, 0.5) is 8.78 Å². The minimum Gasteiger partial charge on any atom is -0.458 e. The van der Waals surface area contributed by atoms with Gasteiger partial charge in [-0.05, 0) is 74.0 Å². The minimum absolute atomic E-state index is 0.0502. The minimum atomic E-state index is -2.17. The summed E-state index contributed by atoms with van der Waals surface area (Å²) >= 11 is 0. The van der Waals surface area contributed by atoms with E-state index in [-0.39, 0.29) is 48.4 Å². The van der Waals surface area contributed by atoms with E-state index in [1.165, 1.54) is 25.2 Å². The lowest BCUT2D eigenvalue weighted by atomic mass is 9.43. The number of nitrogens with zero attached hydrogens (tertiary/aromatic N) is 1. The average Bonchev–Trinajstić information content (AvgIpc) is 3.39. The summed E-state index contributed by atoms with van der Waals surface area (Å²) in [4.78, 5) is 40.5. The second kappa shape index (κ2) is 10.1. The number of carbonyl (C=O) groups excluding carboxylic acids is 3. The van der Waals surface area contributed by atoms with Gasteiger partial charge in [-0.2, -0.15) is 0 Å². The van der Waals surface area contributed by atoms with E-state index < -0.39 is 46.1 Å². The maximum Gasteiger partial charge on any atom is 0.303 e. The molecule has 4 fully saturated rings. The molecule has 1 heterocycles. The highest BCUT2D eigenvalue weighted by atomic mass is 19.1. The standard InChI is InChI=1S/C32H45F2NO5/c1-6-8-21(9-7-2)35-16-20-12-23-24-14-26(33)25-13-22(37)10-11-29(25,4)32(24,34)27(38)15-30(23,5)31(20,18-35)28(39)17-40-19(3)36/h10-11,13,20-21,23-24,26-27,38H,6-9,12,14-18H2,1-5H3/t20-,23-,24-,26-,27-,29-,30-,31+,32-/m0/s1. The largest absolute Gasteiger partial charge is 0.458 e. The topological polar surface area (TPSA) is 83.9 Å². The molecule has 0 bridgehead atoms. The third kappa shape index (κ3) is 3.87. The summed E-state index contributed by atoms with van der Waals surface area (Å²) in [5, 5.41) is 11.8. The third-order valence-electron chi connectivity index (χ3n) is 11.8. The Kier molecular flexibility index (Phi) is 7.47. The number of carbonyl (C=O) groups is 3. The number of ketones is 2. The lowest BCUT2D eigenvalue weighted by Gasteiger charge is -2.63. The molecule has 0 unspecified atom stereocenters. The van der Waals surface area contributed by atoms with E-state index >= 15 is 8.78 Å². The van der Waals surface area contributed by atoms with Crippen LogP contribution in [-0.2, 0) is 19.1 Å². The first-order valence-electron chi connectivity index (χ1n) is 15.2. The first kappa shape index (κ1) is 29.6. The summed E-state index contributed by atoms with van der Waals surface area (Å²) in [6, 6.07) is 0.316. The number of ether oxygens (including phenoxy) is 1. The van der Waals surface area contributed by atoms with Gasteiger partial charge in [-0.25, -0.2) is 8.78 Å². The molecule has 1 aliphatic heterocycles. The van der Waals surface area contributed by atoms with Gasteiger partial charge in [-0.15, -0.1) is 0 Å². The number of alkyl halides is 2. The second-order valence-electron chi connectivity index (χ2n) is 13.6. The second-order valence-corrected chi connectivity index (χ2v) is 13.6. The number of likely N-dealkylation sites (tertiary alicyclic amines) is 1. The quantitative estimate of drug-likeness (QED) is 0.423. The monoisotopic (exact) mass is 561 g/mol. The summed E-state index contributed by atoms with van der Waals surface area (Å²) in [6.45, 7) is 9.99. The molecule has 6 nitrogen and oxygen atoms in total. The molecule has 0 amide bonds. The lowest BCUT2D eigenvalue weighted by Crippen LogP contribution is -2.69. The Morgan fingerprint density at radius 3 is 2.48 bits per heavy atom. The highest BCUT2D eigenvalue weighted by molar-refractivity contribution is 6.01. The third-order valence-corrected chi connectivity index (χ3v) is 11.8. The smallest absolute Gasteiger partial charge is 0.303 e. The van der Waals surface area contributed by atoms with E-state index in [0.29, 0.717) is 25.6 Å². The molecular formula is C32H45F2NO5. The number of allylic oxidation sites excluding steroid dienone is 4. The normalized spacial score (nSPS) is 44.1. The van der Waals surface area contributed by atoms with Crippen molar-refractivity contribution in [3.8, 4) is 0 Å². The zero-order valence-corrected chi connectivity index (χ0v) is 24.6. The number of hydrogen-bond acceptors (Lipinski definition) is 6. The number of rotatable bonds is 8. The SMILES string of the molecule is CCCC(CCC)N1C[C@@H]2C[C@H]3[C@@H]4C[C@H](F)C5=CC(=O)C=C[C@]5(C)[C@@]4(F)[C@@H](O)C[C@]3(C)[C@]2(C(=O)COC(C)=O)C1. The Morgan fingerprint density at radius 2 is 1.85 bits per heavy atom. The molecule has 1 saturated heterocycles. The Balaban J connectivity index is 1.58. The van der Waals surface area contributed by atoms with Gasteiger partial charge in [0.25, 0.3) is 0 Å². The molecule has 0 aromatic carbocycles. The van der Waals surface area contributed by atoms with Crippen LogP contribution in [-0.4, -0.2) is 71.2 Å². The van der Waals surface area contributed by atoms with Crippen molar-refractivity contribution >= 4 is 17.5 Å². The summed E-state index contributed by atoms with van der Waals surface area (Å²) in [6.07, 6.45) is 5.52. The molecule has 5 rings (SSSR count). The molecule has 4 aliphatic carbocycles. The molecular weight excluding hydrogens is 516 g/mol. The van der Waals surface area contributed by atoms with Gasteiger partial charge in [0.1, 0.15) is 6.17 Å². The van der Waals surface area contributed by atoms with Crippen molar-refractivity contribution in [2.24, 2.45) is 34.0 Å². The fraction of sp³-hybridized carbons (Fsp3) is 0.781. The van der Waals surface area contributed by atoms with Crippen molar-refractivity contribution < 1.29 is 33.0 Å². The number of esters is 1. The molecule has 0 radical (unpaired) electrons. The van der Waals surface area contributed by atoms with Crippen molar-refractivity contribution in [3.05, 3.63) is 23.8 Å². The van der Waals surface area contributed by atoms with E-state index in [0.717, 1.165) is 25.7 Å². The maximum atomic E-state index is 17.6. The summed E-state index contributed by atoms with van der Waals surface area (Å²) in [5.41, 5.74) is -5.26. The molecule has 1 N–H and O–H groups in total. The molecule has 222 valence electrons. The van der Waals surface area contributed by atoms with Gasteiger partial charge in [0.05, 0.1) is 11.5 Å². The van der Waals surface area contributed by atoms with Gasteiger partial charge in [0.2, 0.25) is 0 Å². The molecule has 0 aromatic heterocycles. The number of aliphatic hydroxyl groups is 1. The predicted octanol–water partition coefficient (Wildman–Crippen LogP) is 4.93. The first-order valence-corrected chi connectivity index (χ1v) is 15.2. The van der Waals surface area contributed by atoms with Crippen molar-refractivity contribution in [1.82, 2.24) is 4.90 Å². The molecule has 8 heteroatoms. The summed E-state index contributed by atoms with van der Waals surface area (Å²) in [7, 11) is 0. The van der Waals surface area contributed by atoms with Gasteiger partial charge < -0.3 is 9.84 Å². The van der Waals surface area contributed by atoms with Crippen LogP contribution in [0, 0.1) is 34.0 Å². The van der Waals surface area contributed by atoms with Crippen molar-refractivity contribution in [1.29, 1.82) is 0 Å². The Morgan fingerprint density at radius 1 is 1.18 bits per heavy atom. The number of fused-ring (bicyclic) bond motifs is 7. The molecule has 5 aliphatic rings. The maximum absolute atomic E-state index is 17.6. The molecule has 0 spiro atoms. The fourth-order valence-corrected chi connectivity index (χ4v) is 10.1. The highest BCUT2D eigenvalue weighted by Gasteiger charge is 2.78. The summed E-state index contributed by atoms with van der Waals surface area (Å²) in [5.74, 6) is -2.35. The van der Waals surface area contributed by atoms with Crippen molar-refractivity contribution in [2.45, 2.75) is 104 Å². The Bertz CT molecular complexity index is 1130. The van der Waals surface area contributed by atoms with Crippen molar-refractivity contribution in [2.75, 3.05) is 19.7 Å². The summed E-state index contributed by atoms with van der Waals surface area (Å²) < 4.78 is 38.7. The molecule has 3 saturated carbocycles. The first-order chi connectivity index (χ1) is 18.8. The fourth-order valence-electron chi connectivity index (χ4n) is 10.1. The van der Waals surface area contributed by atoms with E-state index in [1.54, 1.807) is 6.92 Å². The van der Waals surface area contributed by atoms with E-state index in [4.69, 9.17) is 4.74 Å². The van der Waals surface area contributed by atoms with Gasteiger partial charge in [-0.3, -0.25) is 19.3 Å². The van der Waals surface area contributed by atoms with Gasteiger partial charge >= 0.3 is 5.97 Å². The number of halogens is 2. The van der Waals surface area contributed by atoms with Gasteiger partial charge in [0.15, 0.2) is 23.8 Å². The van der Waals surface area contributed by atoms with Crippen LogP contribution in [0.25, 0.3) is 0 Å². The van der Waals surface area contributed by atoms with Crippen LogP contribution >= 0.6 is 0 Å². The van der Waals surface area contributed by atoms with E-state index in [1.807, 2.05) is 6.92 Å². The zero-order chi connectivity index (χ0) is 29.3. The zero-order valence-electron chi connectivity index (χ0n) is 24.6. The van der Waals surface area contributed by atoms with Crippen LogP contribution in [0.1, 0.15) is 79.6 Å². The van der Waals surface area contributed by atoms with Crippen LogP contribution in [0.15, 0.2) is 23.8 Å². The average molecular weight is 562 g/mol. The Labute approximate surface area is 236 Å². The van der Waals surface area contributed by atoms with Crippen LogP contribution < -0.4 is 0 Å². The lowest BCUT2D eigenvalue weighted by molar-refractivity contribution is -0.212. The number of aliphatic hydroxyl groups excluding tert-OH is 1. The number of hydrogen-bond donors (Lipinski definition) is 1. The van der Waals surface area contributed by atoms with Crippen LogP contribution in [0.5, 0.6) is 0 Å². The van der Waals surface area contributed by atoms with Crippen LogP contribution in [0.2, 0.25) is 0 Å². The molecule has 0 aromatic rings. The van der Waals surface area contributed by atoms with Crippen LogP contribution in [0.3, 0.4) is 0 Å². The van der Waals surface area contributed by atoms with Crippen molar-refractivity contribution in [3.63, 3.8) is 0 Å². The van der Waals surface area contributed by atoms with Gasteiger partial charge in [-0.1, -0.05) is 39.7 Å².